The molecular formula is C13H20N2O2S. The molecule has 0 aliphatic carbocycles. The zero-order chi connectivity index (χ0) is 13.2. The van der Waals surface area contributed by atoms with Crippen LogP contribution in [-0.2, 0) is 16.4 Å². The summed E-state index contributed by atoms with van der Waals surface area (Å²) in [6.45, 7) is 4.83. The molecule has 2 N–H and O–H groups in total. The second kappa shape index (κ2) is 5.28. The molecule has 0 saturated heterocycles. The monoisotopic (exact) mass is 268 g/mol. The van der Waals surface area contributed by atoms with E-state index in [1.807, 2.05) is 19.9 Å². The average molecular weight is 268 g/mol. The van der Waals surface area contributed by atoms with E-state index in [9.17, 15) is 8.42 Å². The molecule has 1 aliphatic heterocycles. The van der Waals surface area contributed by atoms with Gasteiger partial charge in [0.2, 0.25) is 10.0 Å². The number of hydrogen-bond acceptors (Lipinski definition) is 3. The van der Waals surface area contributed by atoms with E-state index in [1.54, 1.807) is 12.1 Å². The van der Waals surface area contributed by atoms with Crippen molar-refractivity contribution < 1.29 is 8.42 Å². The molecule has 0 radical (unpaired) electrons. The van der Waals surface area contributed by atoms with Gasteiger partial charge in [-0.05, 0) is 43.5 Å². The Morgan fingerprint density at radius 1 is 1.44 bits per heavy atom. The lowest BCUT2D eigenvalue weighted by molar-refractivity contribution is 0.544. The third kappa shape index (κ3) is 2.84. The van der Waals surface area contributed by atoms with E-state index in [4.69, 9.17) is 0 Å². The maximum atomic E-state index is 12.2. The predicted molar refractivity (Wildman–Crippen MR) is 73.3 cm³/mol. The first-order valence-corrected chi connectivity index (χ1v) is 7.90. The highest BCUT2D eigenvalue weighted by Crippen LogP contribution is 2.25. The van der Waals surface area contributed by atoms with E-state index in [-0.39, 0.29) is 6.04 Å². The second-order valence-corrected chi connectivity index (χ2v) is 6.52. The topological polar surface area (TPSA) is 58.2 Å². The Morgan fingerprint density at radius 3 is 2.94 bits per heavy atom. The number of anilines is 1. The summed E-state index contributed by atoms with van der Waals surface area (Å²) in [5, 5.41) is 3.22. The molecule has 0 saturated carbocycles. The summed E-state index contributed by atoms with van der Waals surface area (Å²) in [5.41, 5.74) is 2.14. The summed E-state index contributed by atoms with van der Waals surface area (Å²) >= 11 is 0. The summed E-state index contributed by atoms with van der Waals surface area (Å²) in [7, 11) is -3.38. The minimum absolute atomic E-state index is 0.0219. The Labute approximate surface area is 109 Å². The molecule has 18 heavy (non-hydrogen) atoms. The summed E-state index contributed by atoms with van der Waals surface area (Å²) in [6, 6.07) is 5.27. The number of fused-ring (bicyclic) bond motifs is 1. The lowest BCUT2D eigenvalue weighted by Gasteiger charge is -2.13. The van der Waals surface area contributed by atoms with Crippen LogP contribution >= 0.6 is 0 Å². The first kappa shape index (κ1) is 13.4. The lowest BCUT2D eigenvalue weighted by Crippen LogP contribution is -2.32. The standard InChI is InChI=1S/C13H20N2O2S/c1-3-4-10(2)15-18(16,17)12-5-6-13-11(9-12)7-8-14-13/h5-6,9-10,14-15H,3-4,7-8H2,1-2H3. The van der Waals surface area contributed by atoms with Gasteiger partial charge in [-0.3, -0.25) is 0 Å². The highest BCUT2D eigenvalue weighted by atomic mass is 32.2. The maximum absolute atomic E-state index is 12.2. The van der Waals surface area contributed by atoms with Gasteiger partial charge >= 0.3 is 0 Å². The van der Waals surface area contributed by atoms with Crippen molar-refractivity contribution in [3.63, 3.8) is 0 Å². The highest BCUT2D eigenvalue weighted by molar-refractivity contribution is 7.89. The molecule has 1 heterocycles. The maximum Gasteiger partial charge on any atom is 0.240 e. The van der Waals surface area contributed by atoms with Crippen molar-refractivity contribution in [1.82, 2.24) is 4.72 Å². The number of hydrogen-bond donors (Lipinski definition) is 2. The first-order chi connectivity index (χ1) is 8.53. The first-order valence-electron chi connectivity index (χ1n) is 6.42. The van der Waals surface area contributed by atoms with Gasteiger partial charge < -0.3 is 5.32 Å². The minimum Gasteiger partial charge on any atom is -0.384 e. The number of benzene rings is 1. The van der Waals surface area contributed by atoms with E-state index in [1.165, 1.54) is 0 Å². The van der Waals surface area contributed by atoms with Gasteiger partial charge in [0.25, 0.3) is 0 Å². The summed E-state index contributed by atoms with van der Waals surface area (Å²) in [4.78, 5) is 0.368. The van der Waals surface area contributed by atoms with Crippen molar-refractivity contribution in [2.45, 2.75) is 44.0 Å². The zero-order valence-corrected chi connectivity index (χ0v) is 11.7. The third-order valence-electron chi connectivity index (χ3n) is 3.17. The predicted octanol–water partition coefficient (Wildman–Crippen LogP) is 2.12. The molecule has 100 valence electrons. The summed E-state index contributed by atoms with van der Waals surface area (Å²) in [5.74, 6) is 0. The van der Waals surface area contributed by atoms with Crippen LogP contribution in [0.15, 0.2) is 23.1 Å². The normalized spacial score (nSPS) is 16.1. The molecule has 0 spiro atoms. The molecule has 1 aromatic rings. The van der Waals surface area contributed by atoms with Crippen LogP contribution in [-0.4, -0.2) is 21.0 Å². The van der Waals surface area contributed by atoms with Crippen LogP contribution in [0.25, 0.3) is 0 Å². The number of sulfonamides is 1. The van der Waals surface area contributed by atoms with Crippen LogP contribution < -0.4 is 10.0 Å². The molecular weight excluding hydrogens is 248 g/mol. The fraction of sp³-hybridized carbons (Fsp3) is 0.538. The van der Waals surface area contributed by atoms with E-state index in [0.717, 1.165) is 37.1 Å². The number of nitrogens with one attached hydrogen (secondary N) is 2. The van der Waals surface area contributed by atoms with E-state index in [2.05, 4.69) is 10.0 Å². The van der Waals surface area contributed by atoms with Crippen LogP contribution in [0.5, 0.6) is 0 Å². The van der Waals surface area contributed by atoms with Crippen LogP contribution in [0, 0.1) is 0 Å². The molecule has 0 amide bonds. The van der Waals surface area contributed by atoms with Gasteiger partial charge in [0.05, 0.1) is 4.90 Å². The van der Waals surface area contributed by atoms with Crippen molar-refractivity contribution in [2.75, 3.05) is 11.9 Å². The molecule has 1 atom stereocenters. The van der Waals surface area contributed by atoms with Gasteiger partial charge in [-0.25, -0.2) is 13.1 Å². The molecule has 1 aliphatic rings. The van der Waals surface area contributed by atoms with Crippen molar-refractivity contribution >= 4 is 15.7 Å². The highest BCUT2D eigenvalue weighted by Gasteiger charge is 2.19. The van der Waals surface area contributed by atoms with Crippen molar-refractivity contribution in [2.24, 2.45) is 0 Å². The Balaban J connectivity index is 2.19. The fourth-order valence-corrected chi connectivity index (χ4v) is 3.60. The van der Waals surface area contributed by atoms with Gasteiger partial charge in [-0.15, -0.1) is 0 Å². The number of rotatable bonds is 5. The second-order valence-electron chi connectivity index (χ2n) is 4.81. The van der Waals surface area contributed by atoms with E-state index >= 15 is 0 Å². The Bertz CT molecular complexity index is 526. The third-order valence-corrected chi connectivity index (χ3v) is 4.76. The smallest absolute Gasteiger partial charge is 0.240 e. The molecule has 5 heteroatoms. The van der Waals surface area contributed by atoms with Gasteiger partial charge in [-0.2, -0.15) is 0 Å². The molecule has 1 aromatic carbocycles. The van der Waals surface area contributed by atoms with Gasteiger partial charge in [0.1, 0.15) is 0 Å². The van der Waals surface area contributed by atoms with E-state index < -0.39 is 10.0 Å². The molecule has 4 nitrogen and oxygen atoms in total. The van der Waals surface area contributed by atoms with Crippen LogP contribution in [0.2, 0.25) is 0 Å². The van der Waals surface area contributed by atoms with Crippen molar-refractivity contribution in [3.8, 4) is 0 Å². The quantitative estimate of drug-likeness (QED) is 0.860. The van der Waals surface area contributed by atoms with Crippen molar-refractivity contribution in [1.29, 1.82) is 0 Å². The van der Waals surface area contributed by atoms with Crippen LogP contribution in [0.4, 0.5) is 5.69 Å². The lowest BCUT2D eigenvalue weighted by atomic mass is 10.2. The van der Waals surface area contributed by atoms with Crippen molar-refractivity contribution in [3.05, 3.63) is 23.8 Å². The Morgan fingerprint density at radius 2 is 2.22 bits per heavy atom. The zero-order valence-electron chi connectivity index (χ0n) is 10.9. The van der Waals surface area contributed by atoms with E-state index in [0.29, 0.717) is 4.90 Å². The van der Waals surface area contributed by atoms with Crippen LogP contribution in [0.3, 0.4) is 0 Å². The summed E-state index contributed by atoms with van der Waals surface area (Å²) < 4.78 is 27.1. The largest absolute Gasteiger partial charge is 0.384 e. The molecule has 0 fully saturated rings. The van der Waals surface area contributed by atoms with Gasteiger partial charge in [-0.1, -0.05) is 13.3 Å². The summed E-state index contributed by atoms with van der Waals surface area (Å²) in [6.07, 6.45) is 2.72. The Hall–Kier alpha value is -1.07. The SMILES string of the molecule is CCCC(C)NS(=O)(=O)c1ccc2c(c1)CCN2. The molecule has 0 aromatic heterocycles. The molecule has 0 bridgehead atoms. The molecule has 2 rings (SSSR count). The molecule has 1 unspecified atom stereocenters. The Kier molecular flexibility index (Phi) is 3.92. The fourth-order valence-electron chi connectivity index (χ4n) is 2.27. The van der Waals surface area contributed by atoms with Crippen LogP contribution in [0.1, 0.15) is 32.3 Å². The van der Waals surface area contributed by atoms with Gasteiger partial charge in [0.15, 0.2) is 0 Å². The van der Waals surface area contributed by atoms with Gasteiger partial charge in [0, 0.05) is 18.3 Å². The average Bonchev–Trinajstić information content (AvgIpc) is 2.75. The minimum atomic E-state index is -3.38.